The van der Waals surface area contributed by atoms with Crippen LogP contribution in [0.4, 0.5) is 20.8 Å². The van der Waals surface area contributed by atoms with Crippen molar-refractivity contribution in [2.24, 2.45) is 5.92 Å². The van der Waals surface area contributed by atoms with Gasteiger partial charge in [-0.3, -0.25) is 4.79 Å². The number of carbonyl (C=O) groups excluding carboxylic acids is 1. The van der Waals surface area contributed by atoms with Crippen LogP contribution in [-0.2, 0) is 0 Å². The number of halogens is 1. The summed E-state index contributed by atoms with van der Waals surface area (Å²) in [6, 6.07) is 18.0. The van der Waals surface area contributed by atoms with Gasteiger partial charge in [0.05, 0.1) is 23.8 Å². The van der Waals surface area contributed by atoms with E-state index in [9.17, 15) is 9.18 Å². The van der Waals surface area contributed by atoms with Crippen LogP contribution in [0.5, 0.6) is 5.75 Å². The molecule has 36 heavy (non-hydrogen) atoms. The highest BCUT2D eigenvalue weighted by Crippen LogP contribution is 2.30. The van der Waals surface area contributed by atoms with Crippen LogP contribution in [0.2, 0.25) is 0 Å². The lowest BCUT2D eigenvalue weighted by Gasteiger charge is -2.10. The third-order valence-corrected chi connectivity index (χ3v) is 6.14. The van der Waals surface area contributed by atoms with Gasteiger partial charge >= 0.3 is 6.16 Å². The van der Waals surface area contributed by atoms with Gasteiger partial charge in [0.1, 0.15) is 11.6 Å². The summed E-state index contributed by atoms with van der Waals surface area (Å²) in [6.07, 6.45) is 2.41. The number of benzene rings is 3. The van der Waals surface area contributed by atoms with Crippen molar-refractivity contribution in [2.45, 2.75) is 25.7 Å². The Morgan fingerprint density at radius 3 is 2.31 bits per heavy atom. The van der Waals surface area contributed by atoms with E-state index in [0.717, 1.165) is 53.4 Å². The lowest BCUT2D eigenvalue weighted by atomic mass is 9.94. The lowest BCUT2D eigenvalue weighted by molar-refractivity contribution is 0.0922. The molecular formula is C27H26FN3O5. The number of aromatic amines is 1. The van der Waals surface area contributed by atoms with Gasteiger partial charge in [0.2, 0.25) is 5.95 Å². The minimum atomic E-state index is -1.83. The molecule has 1 aliphatic carbocycles. The van der Waals surface area contributed by atoms with Gasteiger partial charge in [0.25, 0.3) is 0 Å². The fraction of sp³-hybridized carbons (Fsp3) is 0.222. The molecule has 1 saturated carbocycles. The summed E-state index contributed by atoms with van der Waals surface area (Å²) in [7, 11) is 1.60. The monoisotopic (exact) mass is 491 g/mol. The van der Waals surface area contributed by atoms with E-state index >= 15 is 0 Å². The lowest BCUT2D eigenvalue weighted by Crippen LogP contribution is -2.10. The second kappa shape index (κ2) is 10.9. The van der Waals surface area contributed by atoms with E-state index in [0.29, 0.717) is 17.4 Å². The third-order valence-electron chi connectivity index (χ3n) is 6.14. The van der Waals surface area contributed by atoms with E-state index < -0.39 is 6.16 Å². The molecule has 0 saturated heterocycles. The molecule has 8 nitrogen and oxygen atoms in total. The Morgan fingerprint density at radius 2 is 1.67 bits per heavy atom. The minimum absolute atomic E-state index is 0.156. The van der Waals surface area contributed by atoms with Crippen molar-refractivity contribution in [3.8, 4) is 16.9 Å². The minimum Gasteiger partial charge on any atom is -0.497 e. The molecule has 0 unspecified atom stereocenters. The SMILES string of the molecule is COc1ccc2[nH]c(Nc3ccc(-c4ccc(C(=O)C5CCCC5)cc4)cc3F)nc2c1.O=C(O)O. The highest BCUT2D eigenvalue weighted by atomic mass is 19.1. The molecule has 4 N–H and O–H groups in total. The number of nitrogens with one attached hydrogen (secondary N) is 2. The number of ether oxygens (including phenoxy) is 1. The summed E-state index contributed by atoms with van der Waals surface area (Å²) in [4.78, 5) is 28.7. The van der Waals surface area contributed by atoms with Crippen molar-refractivity contribution >= 4 is 34.6 Å². The Kier molecular flexibility index (Phi) is 7.48. The molecule has 0 radical (unpaired) electrons. The first-order valence-corrected chi connectivity index (χ1v) is 11.5. The van der Waals surface area contributed by atoms with Crippen LogP contribution >= 0.6 is 0 Å². The number of H-pyrrole nitrogens is 1. The van der Waals surface area contributed by atoms with Gasteiger partial charge in [-0.1, -0.05) is 43.2 Å². The van der Waals surface area contributed by atoms with E-state index in [4.69, 9.17) is 19.7 Å². The van der Waals surface area contributed by atoms with Crippen molar-refractivity contribution in [3.05, 3.63) is 72.0 Å². The maximum absolute atomic E-state index is 14.8. The number of Topliss-reactive ketones (excluding diaryl/α,β-unsaturated/α-hetero) is 1. The highest BCUT2D eigenvalue weighted by molar-refractivity contribution is 5.98. The summed E-state index contributed by atoms with van der Waals surface area (Å²) in [6.45, 7) is 0. The Bertz CT molecular complexity index is 1370. The largest absolute Gasteiger partial charge is 0.503 e. The molecule has 1 fully saturated rings. The molecule has 4 aromatic rings. The van der Waals surface area contributed by atoms with Gasteiger partial charge in [-0.15, -0.1) is 0 Å². The maximum atomic E-state index is 14.8. The number of anilines is 2. The first-order valence-electron chi connectivity index (χ1n) is 11.5. The van der Waals surface area contributed by atoms with Crippen LogP contribution in [0.3, 0.4) is 0 Å². The van der Waals surface area contributed by atoms with Crippen molar-refractivity contribution < 1.29 is 28.9 Å². The second-order valence-corrected chi connectivity index (χ2v) is 8.49. The predicted octanol–water partition coefficient (Wildman–Crippen LogP) is 6.72. The number of nitrogens with zero attached hydrogens (tertiary/aromatic N) is 1. The first kappa shape index (κ1) is 24.7. The Balaban J connectivity index is 0.000000709. The standard InChI is InChI=1S/C26H24FN3O2.CH2O3/c1-32-20-11-13-23-24(15-20)30-26(29-23)28-22-12-10-19(14-21(22)27)16-6-8-18(9-7-16)25(31)17-4-2-3-5-17;2-1(3)4/h6-15,17H,2-5H2,1H3,(H2,28,29,30);(H2,2,3,4). The summed E-state index contributed by atoms with van der Waals surface area (Å²) in [5.74, 6) is 1.16. The molecule has 9 heteroatoms. The fourth-order valence-electron chi connectivity index (χ4n) is 4.35. The van der Waals surface area contributed by atoms with Gasteiger partial charge < -0.3 is 25.3 Å². The van der Waals surface area contributed by atoms with E-state index in [2.05, 4.69) is 15.3 Å². The Labute approximate surface area is 206 Å². The first-order chi connectivity index (χ1) is 17.3. The van der Waals surface area contributed by atoms with Gasteiger partial charge in [0, 0.05) is 17.5 Å². The van der Waals surface area contributed by atoms with Crippen molar-refractivity contribution in [1.29, 1.82) is 0 Å². The van der Waals surface area contributed by atoms with Crippen molar-refractivity contribution in [2.75, 3.05) is 12.4 Å². The number of carboxylic acid groups (broad SMARTS) is 2. The molecule has 3 aromatic carbocycles. The molecule has 0 bridgehead atoms. The van der Waals surface area contributed by atoms with E-state index in [-0.39, 0.29) is 17.5 Å². The molecular weight excluding hydrogens is 465 g/mol. The summed E-state index contributed by atoms with van der Waals surface area (Å²) in [5.41, 5.74) is 4.25. The number of methoxy groups -OCH3 is 1. The average Bonchev–Trinajstić information content (AvgIpc) is 3.54. The number of carbonyl (C=O) groups is 2. The molecule has 0 aliphatic heterocycles. The quantitative estimate of drug-likeness (QED) is 0.221. The smallest absolute Gasteiger partial charge is 0.497 e. The van der Waals surface area contributed by atoms with Crippen LogP contribution in [0.25, 0.3) is 22.2 Å². The molecule has 5 rings (SSSR count). The molecule has 0 atom stereocenters. The molecule has 1 aliphatic rings. The average molecular weight is 492 g/mol. The highest BCUT2D eigenvalue weighted by Gasteiger charge is 2.23. The molecule has 1 aromatic heterocycles. The topological polar surface area (TPSA) is 125 Å². The molecule has 1 heterocycles. The number of fused-ring (bicyclic) bond motifs is 1. The summed E-state index contributed by atoms with van der Waals surface area (Å²) >= 11 is 0. The van der Waals surface area contributed by atoms with E-state index in [1.165, 1.54) is 6.07 Å². The van der Waals surface area contributed by atoms with Crippen molar-refractivity contribution in [3.63, 3.8) is 0 Å². The molecule has 0 amide bonds. The number of hydrogen-bond acceptors (Lipinski definition) is 5. The van der Waals surface area contributed by atoms with Gasteiger partial charge in [0.15, 0.2) is 5.78 Å². The van der Waals surface area contributed by atoms with Crippen LogP contribution in [0.15, 0.2) is 60.7 Å². The Morgan fingerprint density at radius 1 is 1.00 bits per heavy atom. The zero-order chi connectivity index (χ0) is 25.7. The Hall–Kier alpha value is -4.40. The van der Waals surface area contributed by atoms with E-state index in [1.807, 2.05) is 48.5 Å². The third kappa shape index (κ3) is 5.80. The van der Waals surface area contributed by atoms with Crippen LogP contribution in [0, 0.1) is 11.7 Å². The number of aromatic nitrogens is 2. The van der Waals surface area contributed by atoms with Gasteiger partial charge in [-0.05, 0) is 48.2 Å². The summed E-state index contributed by atoms with van der Waals surface area (Å²) in [5, 5.41) is 17.0. The number of hydrogen-bond donors (Lipinski definition) is 4. The van der Waals surface area contributed by atoms with Gasteiger partial charge in [-0.2, -0.15) is 0 Å². The number of rotatable bonds is 6. The van der Waals surface area contributed by atoms with E-state index in [1.54, 1.807) is 13.2 Å². The molecule has 186 valence electrons. The predicted molar refractivity (Wildman–Crippen MR) is 135 cm³/mol. The number of ketones is 1. The number of imidazole rings is 1. The van der Waals surface area contributed by atoms with Gasteiger partial charge in [-0.25, -0.2) is 14.2 Å². The van der Waals surface area contributed by atoms with Crippen LogP contribution in [0.1, 0.15) is 36.0 Å². The zero-order valence-electron chi connectivity index (χ0n) is 19.6. The normalized spacial score (nSPS) is 13.2. The van der Waals surface area contributed by atoms with Crippen LogP contribution < -0.4 is 10.1 Å². The van der Waals surface area contributed by atoms with Crippen molar-refractivity contribution in [1.82, 2.24) is 9.97 Å². The summed E-state index contributed by atoms with van der Waals surface area (Å²) < 4.78 is 20.0. The van der Waals surface area contributed by atoms with Crippen LogP contribution in [-0.4, -0.2) is 39.2 Å². The fourth-order valence-corrected chi connectivity index (χ4v) is 4.35. The molecule has 0 spiro atoms. The maximum Gasteiger partial charge on any atom is 0.503 e. The zero-order valence-corrected chi connectivity index (χ0v) is 19.6. The second-order valence-electron chi connectivity index (χ2n) is 8.49.